The summed E-state index contributed by atoms with van der Waals surface area (Å²) in [6, 6.07) is 14.4. The first-order valence-corrected chi connectivity index (χ1v) is 11.0. The Hall–Kier alpha value is -3.54. The van der Waals surface area contributed by atoms with E-state index in [2.05, 4.69) is 33.9 Å². The van der Waals surface area contributed by atoms with E-state index in [-0.39, 0.29) is 5.91 Å². The van der Waals surface area contributed by atoms with Crippen LogP contribution in [0.3, 0.4) is 0 Å². The Morgan fingerprint density at radius 1 is 1.19 bits per heavy atom. The maximum atomic E-state index is 11.8. The van der Waals surface area contributed by atoms with E-state index in [1.807, 2.05) is 45.2 Å². The number of fused-ring (bicyclic) bond motifs is 2. The highest BCUT2D eigenvalue weighted by Crippen LogP contribution is 2.40. The van der Waals surface area contributed by atoms with Gasteiger partial charge in [0.25, 0.3) is 0 Å². The summed E-state index contributed by atoms with van der Waals surface area (Å²) in [7, 11) is 0. The third-order valence-corrected chi connectivity index (χ3v) is 6.36. The Morgan fingerprint density at radius 2 is 2.03 bits per heavy atom. The molecular weight excluding hydrogens is 398 g/mol. The monoisotopic (exact) mass is 425 g/mol. The molecule has 6 heteroatoms. The molecule has 0 fully saturated rings. The van der Waals surface area contributed by atoms with Gasteiger partial charge in [0.1, 0.15) is 5.69 Å². The van der Waals surface area contributed by atoms with Crippen molar-refractivity contribution in [2.75, 3.05) is 0 Å². The summed E-state index contributed by atoms with van der Waals surface area (Å²) in [6.07, 6.45) is 4.54. The number of primary amides is 1. The van der Waals surface area contributed by atoms with Crippen molar-refractivity contribution in [1.29, 1.82) is 0 Å². The standard InChI is InChI=1S/C26H27N5O/c1-16-6-4-7-20(29-16)24-23(22-8-5-13-31(22)30-24)19-11-12-28-21-14-17(9-10-18(19)21)15-26(2,3)25(27)32/h4,6-7,9-12,14H,5,8,13,15H2,1-3H3,(H2,27,32). The summed E-state index contributed by atoms with van der Waals surface area (Å²) in [5.41, 5.74) is 13.3. The molecule has 4 heterocycles. The Labute approximate surface area is 187 Å². The molecule has 4 aromatic rings. The molecule has 5 rings (SSSR count). The number of amides is 1. The van der Waals surface area contributed by atoms with E-state index in [0.717, 1.165) is 64.1 Å². The predicted molar refractivity (Wildman–Crippen MR) is 126 cm³/mol. The van der Waals surface area contributed by atoms with Crippen LogP contribution in [0.25, 0.3) is 33.4 Å². The molecular formula is C26H27N5O. The van der Waals surface area contributed by atoms with Crippen LogP contribution >= 0.6 is 0 Å². The molecule has 0 saturated heterocycles. The number of rotatable bonds is 5. The zero-order chi connectivity index (χ0) is 22.5. The summed E-state index contributed by atoms with van der Waals surface area (Å²) in [5, 5.41) is 6.03. The van der Waals surface area contributed by atoms with Gasteiger partial charge in [0.05, 0.1) is 11.2 Å². The van der Waals surface area contributed by atoms with Crippen LogP contribution in [0.15, 0.2) is 48.7 Å². The molecule has 0 spiro atoms. The number of carbonyl (C=O) groups excluding carboxylic acids is 1. The molecule has 2 N–H and O–H groups in total. The number of carbonyl (C=O) groups is 1. The fourth-order valence-electron chi connectivity index (χ4n) is 4.59. The molecule has 0 unspecified atom stereocenters. The van der Waals surface area contributed by atoms with Gasteiger partial charge < -0.3 is 5.73 Å². The van der Waals surface area contributed by atoms with Crippen molar-refractivity contribution in [2.24, 2.45) is 11.1 Å². The van der Waals surface area contributed by atoms with Gasteiger partial charge in [0.15, 0.2) is 0 Å². The molecule has 0 bridgehead atoms. The molecule has 162 valence electrons. The lowest BCUT2D eigenvalue weighted by Crippen LogP contribution is -2.33. The Morgan fingerprint density at radius 3 is 2.81 bits per heavy atom. The number of benzene rings is 1. The maximum absolute atomic E-state index is 11.8. The Bertz CT molecular complexity index is 1350. The van der Waals surface area contributed by atoms with Gasteiger partial charge in [0.2, 0.25) is 5.91 Å². The third kappa shape index (κ3) is 3.45. The summed E-state index contributed by atoms with van der Waals surface area (Å²) in [5.74, 6) is -0.301. The highest BCUT2D eigenvalue weighted by molar-refractivity contribution is 5.99. The van der Waals surface area contributed by atoms with Crippen LogP contribution in [0.2, 0.25) is 0 Å². The fourth-order valence-corrected chi connectivity index (χ4v) is 4.59. The molecule has 1 amide bonds. The van der Waals surface area contributed by atoms with Gasteiger partial charge in [-0.3, -0.25) is 19.4 Å². The molecule has 6 nitrogen and oxygen atoms in total. The average Bonchev–Trinajstić information content (AvgIpc) is 3.34. The van der Waals surface area contributed by atoms with Gasteiger partial charge in [-0.1, -0.05) is 32.0 Å². The number of aromatic nitrogens is 4. The van der Waals surface area contributed by atoms with E-state index in [1.54, 1.807) is 0 Å². The minimum absolute atomic E-state index is 0.301. The molecule has 0 saturated carbocycles. The van der Waals surface area contributed by atoms with Crippen LogP contribution in [0.4, 0.5) is 0 Å². The smallest absolute Gasteiger partial charge is 0.223 e. The largest absolute Gasteiger partial charge is 0.369 e. The van der Waals surface area contributed by atoms with Crippen molar-refractivity contribution in [3.8, 4) is 22.5 Å². The molecule has 0 atom stereocenters. The van der Waals surface area contributed by atoms with E-state index in [0.29, 0.717) is 6.42 Å². The van der Waals surface area contributed by atoms with Gasteiger partial charge in [0, 0.05) is 40.5 Å². The second-order valence-electron chi connectivity index (χ2n) is 9.30. The fraction of sp³-hybridized carbons (Fsp3) is 0.308. The quantitative estimate of drug-likeness (QED) is 0.511. The first-order chi connectivity index (χ1) is 15.3. The lowest BCUT2D eigenvalue weighted by Gasteiger charge is -2.20. The van der Waals surface area contributed by atoms with Crippen LogP contribution in [0.1, 0.15) is 37.2 Å². The molecule has 3 aromatic heterocycles. The summed E-state index contributed by atoms with van der Waals surface area (Å²) >= 11 is 0. The van der Waals surface area contributed by atoms with Crippen molar-refractivity contribution >= 4 is 16.8 Å². The lowest BCUT2D eigenvalue weighted by molar-refractivity contribution is -0.125. The second-order valence-corrected chi connectivity index (χ2v) is 9.30. The summed E-state index contributed by atoms with van der Waals surface area (Å²) in [4.78, 5) is 21.2. The maximum Gasteiger partial charge on any atom is 0.223 e. The minimum Gasteiger partial charge on any atom is -0.369 e. The topological polar surface area (TPSA) is 86.7 Å². The Kier molecular flexibility index (Phi) is 4.81. The van der Waals surface area contributed by atoms with E-state index in [1.165, 1.54) is 5.69 Å². The number of aryl methyl sites for hydroxylation is 2. The van der Waals surface area contributed by atoms with Crippen molar-refractivity contribution < 1.29 is 4.79 Å². The molecule has 1 aliphatic rings. The summed E-state index contributed by atoms with van der Waals surface area (Å²) < 4.78 is 2.13. The minimum atomic E-state index is -0.609. The van der Waals surface area contributed by atoms with Crippen molar-refractivity contribution in [3.05, 3.63) is 65.6 Å². The van der Waals surface area contributed by atoms with Crippen LogP contribution in [-0.2, 0) is 24.2 Å². The second kappa shape index (κ2) is 7.55. The number of hydrogen-bond donors (Lipinski definition) is 1. The van der Waals surface area contributed by atoms with Crippen molar-refractivity contribution in [2.45, 2.75) is 46.6 Å². The summed E-state index contributed by atoms with van der Waals surface area (Å²) in [6.45, 7) is 6.69. The van der Waals surface area contributed by atoms with Gasteiger partial charge in [-0.15, -0.1) is 0 Å². The Balaban J connectivity index is 1.67. The van der Waals surface area contributed by atoms with Gasteiger partial charge in [-0.05, 0) is 61.6 Å². The van der Waals surface area contributed by atoms with Crippen LogP contribution < -0.4 is 5.73 Å². The molecule has 1 aromatic carbocycles. The first-order valence-electron chi connectivity index (χ1n) is 11.0. The number of pyridine rings is 2. The normalized spacial score (nSPS) is 13.5. The number of nitrogens with zero attached hydrogens (tertiary/aromatic N) is 4. The molecule has 1 aliphatic heterocycles. The molecule has 0 aliphatic carbocycles. The zero-order valence-electron chi connectivity index (χ0n) is 18.7. The highest BCUT2D eigenvalue weighted by atomic mass is 16.1. The van der Waals surface area contributed by atoms with Crippen LogP contribution in [0, 0.1) is 12.3 Å². The van der Waals surface area contributed by atoms with E-state index in [4.69, 9.17) is 15.8 Å². The SMILES string of the molecule is Cc1cccc(-c2nn3c(c2-c2ccnc4cc(CC(C)(C)C(N)=O)ccc24)CCC3)n1. The number of nitrogens with two attached hydrogens (primary N) is 1. The first kappa shape index (κ1) is 20.4. The predicted octanol–water partition coefficient (Wildman–Crippen LogP) is 4.47. The van der Waals surface area contributed by atoms with Crippen LogP contribution in [-0.4, -0.2) is 25.7 Å². The van der Waals surface area contributed by atoms with E-state index < -0.39 is 5.41 Å². The number of hydrogen-bond acceptors (Lipinski definition) is 4. The average molecular weight is 426 g/mol. The van der Waals surface area contributed by atoms with Crippen molar-refractivity contribution in [3.63, 3.8) is 0 Å². The molecule has 0 radical (unpaired) electrons. The lowest BCUT2D eigenvalue weighted by atomic mass is 9.84. The zero-order valence-corrected chi connectivity index (χ0v) is 18.7. The van der Waals surface area contributed by atoms with Gasteiger partial charge >= 0.3 is 0 Å². The third-order valence-electron chi connectivity index (χ3n) is 6.36. The van der Waals surface area contributed by atoms with Crippen molar-refractivity contribution in [1.82, 2.24) is 19.7 Å². The van der Waals surface area contributed by atoms with Crippen LogP contribution in [0.5, 0.6) is 0 Å². The van der Waals surface area contributed by atoms with E-state index >= 15 is 0 Å². The molecule has 32 heavy (non-hydrogen) atoms. The van der Waals surface area contributed by atoms with E-state index in [9.17, 15) is 4.79 Å². The van der Waals surface area contributed by atoms with Gasteiger partial charge in [-0.2, -0.15) is 5.10 Å². The highest BCUT2D eigenvalue weighted by Gasteiger charge is 2.27. The van der Waals surface area contributed by atoms with Gasteiger partial charge in [-0.25, -0.2) is 0 Å².